The van der Waals surface area contributed by atoms with Crippen LogP contribution < -0.4 is 0 Å². The van der Waals surface area contributed by atoms with E-state index in [9.17, 15) is 8.78 Å². The molecular weight excluding hydrogens is 214 g/mol. The Balaban J connectivity index is 2.58. The highest BCUT2D eigenvalue weighted by Crippen LogP contribution is 2.26. The average Bonchev–Trinajstić information content (AvgIpc) is 2.20. The van der Waals surface area contributed by atoms with Crippen LogP contribution in [0, 0.1) is 11.6 Å². The molecule has 0 atom stereocenters. The van der Waals surface area contributed by atoms with Gasteiger partial charge in [0.15, 0.2) is 0 Å². The zero-order valence-electron chi connectivity index (χ0n) is 7.74. The third-order valence-corrected chi connectivity index (χ3v) is 2.42. The van der Waals surface area contributed by atoms with Crippen molar-refractivity contribution in [2.24, 2.45) is 0 Å². The van der Waals surface area contributed by atoms with Gasteiger partial charge in [0.2, 0.25) is 0 Å². The van der Waals surface area contributed by atoms with Crippen molar-refractivity contribution in [3.05, 3.63) is 54.1 Å². The summed E-state index contributed by atoms with van der Waals surface area (Å²) < 4.78 is 26.8. The lowest BCUT2D eigenvalue weighted by Gasteiger charge is -2.04. The molecule has 15 heavy (non-hydrogen) atoms. The zero-order chi connectivity index (χ0) is 10.8. The summed E-state index contributed by atoms with van der Waals surface area (Å²) in [5.74, 6) is -1.11. The Kier molecular flexibility index (Phi) is 2.73. The normalized spacial score (nSPS) is 10.3. The molecule has 0 N–H and O–H groups in total. The van der Waals surface area contributed by atoms with Crippen LogP contribution in [0.5, 0.6) is 0 Å². The molecule has 0 fully saturated rings. The molecule has 0 heterocycles. The fourth-order valence-electron chi connectivity index (χ4n) is 1.40. The lowest BCUT2D eigenvalue weighted by atomic mass is 10.0. The van der Waals surface area contributed by atoms with Gasteiger partial charge in [0.25, 0.3) is 0 Å². The maximum atomic E-state index is 13.4. The molecule has 0 bridgehead atoms. The summed E-state index contributed by atoms with van der Waals surface area (Å²) in [6.07, 6.45) is 0. The molecule has 0 spiro atoms. The number of hydrogen-bond donors (Lipinski definition) is 1. The van der Waals surface area contributed by atoms with Gasteiger partial charge in [-0.2, -0.15) is 0 Å². The van der Waals surface area contributed by atoms with Crippen molar-refractivity contribution in [3.8, 4) is 11.1 Å². The molecule has 0 saturated heterocycles. The van der Waals surface area contributed by atoms with Crippen LogP contribution in [0.3, 0.4) is 0 Å². The first-order valence-corrected chi connectivity index (χ1v) is 4.86. The van der Waals surface area contributed by atoms with Gasteiger partial charge in [-0.15, -0.1) is 12.6 Å². The first kappa shape index (κ1) is 10.2. The van der Waals surface area contributed by atoms with Crippen LogP contribution in [0.1, 0.15) is 0 Å². The van der Waals surface area contributed by atoms with Crippen LogP contribution in [-0.4, -0.2) is 0 Å². The smallest absolute Gasteiger partial charge is 0.133 e. The molecule has 76 valence electrons. The molecule has 0 saturated carbocycles. The van der Waals surface area contributed by atoms with Gasteiger partial charge in [-0.05, 0) is 29.8 Å². The predicted molar refractivity (Wildman–Crippen MR) is 59.0 cm³/mol. The maximum absolute atomic E-state index is 13.4. The largest absolute Gasteiger partial charge is 0.206 e. The fourth-order valence-corrected chi connectivity index (χ4v) is 1.55. The van der Waals surface area contributed by atoms with E-state index in [1.807, 2.05) is 0 Å². The van der Waals surface area contributed by atoms with Gasteiger partial charge in [-0.1, -0.05) is 18.2 Å². The van der Waals surface area contributed by atoms with E-state index in [2.05, 4.69) is 12.6 Å². The molecule has 0 aliphatic heterocycles. The molecule has 2 aromatic rings. The van der Waals surface area contributed by atoms with E-state index in [-0.39, 0.29) is 5.56 Å². The summed E-state index contributed by atoms with van der Waals surface area (Å²) >= 11 is 4.11. The minimum Gasteiger partial charge on any atom is -0.206 e. The van der Waals surface area contributed by atoms with Crippen molar-refractivity contribution in [3.63, 3.8) is 0 Å². The molecule has 0 aromatic heterocycles. The van der Waals surface area contributed by atoms with Crippen molar-refractivity contribution in [2.45, 2.75) is 4.90 Å². The highest BCUT2D eigenvalue weighted by atomic mass is 32.1. The lowest BCUT2D eigenvalue weighted by Crippen LogP contribution is -1.88. The summed E-state index contributed by atoms with van der Waals surface area (Å²) in [7, 11) is 0. The van der Waals surface area contributed by atoms with Gasteiger partial charge in [0.05, 0.1) is 5.56 Å². The van der Waals surface area contributed by atoms with E-state index < -0.39 is 11.6 Å². The lowest BCUT2D eigenvalue weighted by molar-refractivity contribution is 0.589. The minimum atomic E-state index is -0.554. The van der Waals surface area contributed by atoms with Crippen molar-refractivity contribution in [2.75, 3.05) is 0 Å². The second kappa shape index (κ2) is 4.03. The van der Waals surface area contributed by atoms with Crippen LogP contribution in [0.25, 0.3) is 11.1 Å². The van der Waals surface area contributed by atoms with Crippen molar-refractivity contribution >= 4 is 12.6 Å². The van der Waals surface area contributed by atoms with Gasteiger partial charge in [0.1, 0.15) is 11.6 Å². The molecule has 2 rings (SSSR count). The number of hydrogen-bond acceptors (Lipinski definition) is 1. The molecule has 2 aromatic carbocycles. The third kappa shape index (κ3) is 2.02. The van der Waals surface area contributed by atoms with Gasteiger partial charge >= 0.3 is 0 Å². The molecular formula is C12H8F2S. The molecule has 3 heteroatoms. The highest BCUT2D eigenvalue weighted by molar-refractivity contribution is 7.80. The standard InChI is InChI=1S/C12H8F2S/c13-10-2-1-3-11(14)12(10)8-4-6-9(15)7-5-8/h1-7,15H. The number of thiol groups is 1. The number of benzene rings is 2. The Bertz CT molecular complexity index is 457. The molecule has 0 radical (unpaired) electrons. The second-order valence-corrected chi connectivity index (χ2v) is 3.66. The SMILES string of the molecule is Fc1cccc(F)c1-c1ccc(S)cc1. The van der Waals surface area contributed by atoms with Gasteiger partial charge in [0, 0.05) is 4.90 Å². The minimum absolute atomic E-state index is 0.00540. The second-order valence-electron chi connectivity index (χ2n) is 3.14. The Labute approximate surface area is 92.0 Å². The van der Waals surface area contributed by atoms with E-state index in [1.54, 1.807) is 24.3 Å². The van der Waals surface area contributed by atoms with E-state index in [0.717, 1.165) is 4.90 Å². The Morgan fingerprint density at radius 2 is 1.33 bits per heavy atom. The summed E-state index contributed by atoms with van der Waals surface area (Å²) in [6.45, 7) is 0. The topological polar surface area (TPSA) is 0 Å². The molecule has 0 nitrogen and oxygen atoms in total. The summed E-state index contributed by atoms with van der Waals surface area (Å²) in [6, 6.07) is 10.5. The average molecular weight is 222 g/mol. The van der Waals surface area contributed by atoms with Crippen LogP contribution in [0.4, 0.5) is 8.78 Å². The summed E-state index contributed by atoms with van der Waals surface area (Å²) in [4.78, 5) is 0.760. The van der Waals surface area contributed by atoms with Crippen molar-refractivity contribution in [1.29, 1.82) is 0 Å². The molecule has 0 amide bonds. The van der Waals surface area contributed by atoms with Crippen LogP contribution in [0.15, 0.2) is 47.4 Å². The van der Waals surface area contributed by atoms with Gasteiger partial charge < -0.3 is 0 Å². The summed E-state index contributed by atoms with van der Waals surface area (Å²) in [5.41, 5.74) is 0.522. The van der Waals surface area contributed by atoms with Crippen molar-refractivity contribution in [1.82, 2.24) is 0 Å². The van der Waals surface area contributed by atoms with E-state index in [0.29, 0.717) is 5.56 Å². The van der Waals surface area contributed by atoms with E-state index in [1.165, 1.54) is 18.2 Å². The Morgan fingerprint density at radius 3 is 1.87 bits per heavy atom. The van der Waals surface area contributed by atoms with Gasteiger partial charge in [-0.25, -0.2) is 8.78 Å². The highest BCUT2D eigenvalue weighted by Gasteiger charge is 2.09. The Hall–Kier alpha value is -1.35. The Morgan fingerprint density at radius 1 is 0.800 bits per heavy atom. The molecule has 0 aliphatic carbocycles. The van der Waals surface area contributed by atoms with Gasteiger partial charge in [-0.3, -0.25) is 0 Å². The molecule has 0 aliphatic rings. The van der Waals surface area contributed by atoms with Crippen LogP contribution in [0.2, 0.25) is 0 Å². The number of halogens is 2. The predicted octanol–water partition coefficient (Wildman–Crippen LogP) is 3.92. The third-order valence-electron chi connectivity index (χ3n) is 2.12. The van der Waals surface area contributed by atoms with E-state index in [4.69, 9.17) is 0 Å². The quantitative estimate of drug-likeness (QED) is 0.694. The fraction of sp³-hybridized carbons (Fsp3) is 0. The number of rotatable bonds is 1. The first-order valence-electron chi connectivity index (χ1n) is 4.42. The monoisotopic (exact) mass is 222 g/mol. The van der Waals surface area contributed by atoms with Crippen molar-refractivity contribution < 1.29 is 8.78 Å². The molecule has 0 unspecified atom stereocenters. The first-order chi connectivity index (χ1) is 7.18. The summed E-state index contributed by atoms with van der Waals surface area (Å²) in [5, 5.41) is 0. The zero-order valence-corrected chi connectivity index (χ0v) is 8.64. The van der Waals surface area contributed by atoms with E-state index >= 15 is 0 Å². The van der Waals surface area contributed by atoms with Crippen LogP contribution in [-0.2, 0) is 0 Å². The maximum Gasteiger partial charge on any atom is 0.133 e. The van der Waals surface area contributed by atoms with Crippen LogP contribution >= 0.6 is 12.6 Å².